The lowest BCUT2D eigenvalue weighted by molar-refractivity contribution is -0.384. The zero-order chi connectivity index (χ0) is 21.0. The molecule has 1 N–H and O–H groups in total. The molecule has 0 spiro atoms. The van der Waals surface area contributed by atoms with Crippen LogP contribution in [0.4, 0.5) is 15.9 Å². The van der Waals surface area contributed by atoms with Gasteiger partial charge in [0.25, 0.3) is 5.69 Å². The maximum Gasteiger partial charge on any atom is 0.337 e. The Hall–Kier alpha value is -3.88. The van der Waals surface area contributed by atoms with E-state index in [1.54, 1.807) is 25.1 Å². The first-order valence-electron chi connectivity index (χ1n) is 8.58. The van der Waals surface area contributed by atoms with E-state index in [9.17, 15) is 19.3 Å². The summed E-state index contributed by atoms with van der Waals surface area (Å²) in [5.74, 6) is -0.311. The van der Waals surface area contributed by atoms with Crippen LogP contribution >= 0.6 is 0 Å². The quantitative estimate of drug-likeness (QED) is 0.382. The predicted octanol–water partition coefficient (Wildman–Crippen LogP) is 3.90. The molecule has 3 aromatic rings. The number of nitro benzene ring substituents is 1. The average molecular weight is 396 g/mol. The van der Waals surface area contributed by atoms with Gasteiger partial charge in [0.1, 0.15) is 11.6 Å². The van der Waals surface area contributed by atoms with E-state index in [2.05, 4.69) is 20.0 Å². The standard InChI is InChI=1S/C20H17FN4O4/c1-12-8-18(22-11-15-9-14(20(26)29-2)6-7-17(15)21)24-19(23-12)13-4-3-5-16(10-13)25(27)28/h3-10H,11H2,1-2H3,(H,22,23,24). The van der Waals surface area contributed by atoms with Crippen LogP contribution in [-0.2, 0) is 11.3 Å². The van der Waals surface area contributed by atoms with Crippen molar-refractivity contribution >= 4 is 17.5 Å². The molecular weight excluding hydrogens is 379 g/mol. The van der Waals surface area contributed by atoms with Crippen LogP contribution in [0, 0.1) is 22.9 Å². The Balaban J connectivity index is 1.85. The summed E-state index contributed by atoms with van der Waals surface area (Å²) in [4.78, 5) is 30.8. The molecule has 0 fully saturated rings. The van der Waals surface area contributed by atoms with E-state index in [1.807, 2.05) is 0 Å². The Bertz CT molecular complexity index is 1090. The van der Waals surface area contributed by atoms with Crippen LogP contribution in [0.1, 0.15) is 21.6 Å². The molecule has 1 aromatic heterocycles. The number of anilines is 1. The molecule has 0 saturated heterocycles. The van der Waals surface area contributed by atoms with Gasteiger partial charge in [-0.05, 0) is 25.1 Å². The first-order chi connectivity index (χ1) is 13.9. The third-order valence-electron chi connectivity index (χ3n) is 4.10. The molecule has 0 aliphatic heterocycles. The molecule has 0 saturated carbocycles. The Morgan fingerprint density at radius 3 is 2.72 bits per heavy atom. The van der Waals surface area contributed by atoms with Crippen molar-refractivity contribution in [3.05, 3.63) is 81.3 Å². The fourth-order valence-electron chi connectivity index (χ4n) is 2.69. The van der Waals surface area contributed by atoms with E-state index in [0.29, 0.717) is 22.9 Å². The van der Waals surface area contributed by atoms with Gasteiger partial charge in [-0.1, -0.05) is 12.1 Å². The number of methoxy groups -OCH3 is 1. The molecule has 29 heavy (non-hydrogen) atoms. The van der Waals surface area contributed by atoms with E-state index < -0.39 is 16.7 Å². The fourth-order valence-corrected chi connectivity index (χ4v) is 2.69. The van der Waals surface area contributed by atoms with E-state index >= 15 is 0 Å². The second-order valence-electron chi connectivity index (χ2n) is 6.18. The van der Waals surface area contributed by atoms with Crippen molar-refractivity contribution < 1.29 is 18.8 Å². The molecule has 0 atom stereocenters. The van der Waals surface area contributed by atoms with Crippen LogP contribution in [0.3, 0.4) is 0 Å². The van der Waals surface area contributed by atoms with Crippen molar-refractivity contribution in [2.45, 2.75) is 13.5 Å². The Kier molecular flexibility index (Phi) is 5.77. The first kappa shape index (κ1) is 19.9. The molecule has 0 aliphatic carbocycles. The van der Waals surface area contributed by atoms with Gasteiger partial charge in [-0.3, -0.25) is 10.1 Å². The minimum Gasteiger partial charge on any atom is -0.465 e. The molecule has 148 valence electrons. The number of nitrogens with zero attached hydrogens (tertiary/aromatic N) is 3. The highest BCUT2D eigenvalue weighted by Crippen LogP contribution is 2.23. The SMILES string of the molecule is COC(=O)c1ccc(F)c(CNc2cc(C)nc(-c3cccc([N+](=O)[O-])c3)n2)c1. The van der Waals surface area contributed by atoms with Crippen LogP contribution in [0.2, 0.25) is 0 Å². The normalized spacial score (nSPS) is 10.4. The molecule has 0 amide bonds. The van der Waals surface area contributed by atoms with Crippen LogP contribution in [0.25, 0.3) is 11.4 Å². The maximum atomic E-state index is 14.1. The smallest absolute Gasteiger partial charge is 0.337 e. The summed E-state index contributed by atoms with van der Waals surface area (Å²) in [6.07, 6.45) is 0. The fraction of sp³-hybridized carbons (Fsp3) is 0.150. The number of esters is 1. The number of carbonyl (C=O) groups excluding carboxylic acids is 1. The summed E-state index contributed by atoms with van der Waals surface area (Å²) in [7, 11) is 1.25. The van der Waals surface area contributed by atoms with Crippen LogP contribution in [0.5, 0.6) is 0 Å². The summed E-state index contributed by atoms with van der Waals surface area (Å²) in [5.41, 5.74) is 1.56. The summed E-state index contributed by atoms with van der Waals surface area (Å²) < 4.78 is 18.7. The van der Waals surface area contributed by atoms with Crippen molar-refractivity contribution in [1.82, 2.24) is 9.97 Å². The number of nitrogens with one attached hydrogen (secondary N) is 1. The number of rotatable bonds is 6. The van der Waals surface area contributed by atoms with Crippen molar-refractivity contribution in [2.24, 2.45) is 0 Å². The lowest BCUT2D eigenvalue weighted by Crippen LogP contribution is -2.08. The monoisotopic (exact) mass is 396 g/mol. The highest BCUT2D eigenvalue weighted by atomic mass is 19.1. The molecule has 8 nitrogen and oxygen atoms in total. The predicted molar refractivity (Wildman–Crippen MR) is 104 cm³/mol. The van der Waals surface area contributed by atoms with Crippen molar-refractivity contribution in [1.29, 1.82) is 0 Å². The summed E-state index contributed by atoms with van der Waals surface area (Å²) in [5, 5.41) is 14.0. The molecule has 0 radical (unpaired) electrons. The zero-order valence-corrected chi connectivity index (χ0v) is 15.7. The number of benzene rings is 2. The van der Waals surface area contributed by atoms with Gasteiger partial charge >= 0.3 is 5.97 Å². The maximum absolute atomic E-state index is 14.1. The highest BCUT2D eigenvalue weighted by Gasteiger charge is 2.12. The van der Waals surface area contributed by atoms with Crippen molar-refractivity contribution in [3.8, 4) is 11.4 Å². The summed E-state index contributed by atoms with van der Waals surface area (Å²) in [6, 6.07) is 11.6. The van der Waals surface area contributed by atoms with E-state index in [-0.39, 0.29) is 23.4 Å². The first-order valence-corrected chi connectivity index (χ1v) is 8.58. The van der Waals surface area contributed by atoms with Gasteiger partial charge in [-0.15, -0.1) is 0 Å². The average Bonchev–Trinajstić information content (AvgIpc) is 2.72. The second kappa shape index (κ2) is 8.42. The van der Waals surface area contributed by atoms with Crippen molar-refractivity contribution in [3.63, 3.8) is 0 Å². The number of ether oxygens (including phenoxy) is 1. The molecule has 2 aromatic carbocycles. The highest BCUT2D eigenvalue weighted by molar-refractivity contribution is 5.89. The molecule has 0 bridgehead atoms. The van der Waals surface area contributed by atoms with Crippen LogP contribution in [0.15, 0.2) is 48.5 Å². The Morgan fingerprint density at radius 1 is 1.21 bits per heavy atom. The molecule has 0 unspecified atom stereocenters. The zero-order valence-electron chi connectivity index (χ0n) is 15.7. The van der Waals surface area contributed by atoms with Gasteiger partial charge in [0.05, 0.1) is 17.6 Å². The third-order valence-corrected chi connectivity index (χ3v) is 4.10. The topological polar surface area (TPSA) is 107 Å². The number of aryl methyl sites for hydroxylation is 1. The molecule has 1 heterocycles. The van der Waals surface area contributed by atoms with Gasteiger partial charge < -0.3 is 10.1 Å². The minimum atomic E-state index is -0.558. The molecule has 0 aliphatic rings. The largest absolute Gasteiger partial charge is 0.465 e. The number of aromatic nitrogens is 2. The number of hydrogen-bond donors (Lipinski definition) is 1. The number of hydrogen-bond acceptors (Lipinski definition) is 7. The van der Waals surface area contributed by atoms with Gasteiger partial charge in [0, 0.05) is 41.6 Å². The van der Waals surface area contributed by atoms with E-state index in [1.165, 1.54) is 37.4 Å². The van der Waals surface area contributed by atoms with E-state index in [4.69, 9.17) is 0 Å². The lowest BCUT2D eigenvalue weighted by atomic mass is 10.1. The third kappa shape index (κ3) is 4.70. The lowest BCUT2D eigenvalue weighted by Gasteiger charge is -2.10. The van der Waals surface area contributed by atoms with Crippen molar-refractivity contribution in [2.75, 3.05) is 12.4 Å². The number of carbonyl (C=O) groups is 1. The van der Waals surface area contributed by atoms with Gasteiger partial charge in [0.15, 0.2) is 5.82 Å². The minimum absolute atomic E-state index is 0.0659. The Morgan fingerprint density at radius 2 is 2.00 bits per heavy atom. The number of halogens is 1. The van der Waals surface area contributed by atoms with Crippen LogP contribution < -0.4 is 5.32 Å². The summed E-state index contributed by atoms with van der Waals surface area (Å²) in [6.45, 7) is 1.83. The second-order valence-corrected chi connectivity index (χ2v) is 6.18. The van der Waals surface area contributed by atoms with E-state index in [0.717, 1.165) is 0 Å². The molecule has 9 heteroatoms. The van der Waals surface area contributed by atoms with Gasteiger partial charge in [-0.2, -0.15) is 0 Å². The molecular formula is C20H17FN4O4. The van der Waals surface area contributed by atoms with Crippen LogP contribution in [-0.4, -0.2) is 28.0 Å². The molecule has 3 rings (SSSR count). The number of nitro groups is 1. The van der Waals surface area contributed by atoms with Gasteiger partial charge in [-0.25, -0.2) is 19.2 Å². The van der Waals surface area contributed by atoms with Gasteiger partial charge in [0.2, 0.25) is 0 Å². The number of non-ortho nitro benzene ring substituents is 1. The summed E-state index contributed by atoms with van der Waals surface area (Å²) >= 11 is 0. The Labute approximate surface area is 165 Å².